The van der Waals surface area contributed by atoms with Crippen LogP contribution in [-0.4, -0.2) is 30.3 Å². The van der Waals surface area contributed by atoms with Crippen molar-refractivity contribution in [3.05, 3.63) is 0 Å². The second kappa shape index (κ2) is 7.87. The number of nitrogens with one attached hydrogen (secondary N) is 2. The molecule has 1 rings (SSSR count). The summed E-state index contributed by atoms with van der Waals surface area (Å²) in [5.74, 6) is 0.717. The molecule has 0 aliphatic heterocycles. The summed E-state index contributed by atoms with van der Waals surface area (Å²) in [5, 5.41) is 6.64. The molecule has 3 atom stereocenters. The number of rotatable bonds is 5. The molecule has 0 aromatic rings. The summed E-state index contributed by atoms with van der Waals surface area (Å²) >= 11 is 0. The first-order valence-electron chi connectivity index (χ1n) is 8.03. The van der Waals surface area contributed by atoms with Crippen LogP contribution in [0.25, 0.3) is 0 Å². The zero-order chi connectivity index (χ0) is 15.2. The van der Waals surface area contributed by atoms with Crippen molar-refractivity contribution in [3.63, 3.8) is 0 Å². The van der Waals surface area contributed by atoms with Gasteiger partial charge in [0.1, 0.15) is 5.60 Å². The average Bonchev–Trinajstić information content (AvgIpc) is 2.34. The van der Waals surface area contributed by atoms with Crippen molar-refractivity contribution >= 4 is 6.09 Å². The van der Waals surface area contributed by atoms with E-state index in [4.69, 9.17) is 4.74 Å². The highest BCUT2D eigenvalue weighted by Gasteiger charge is 2.25. The highest BCUT2D eigenvalue weighted by molar-refractivity contribution is 5.68. The van der Waals surface area contributed by atoms with Gasteiger partial charge in [-0.05, 0) is 58.9 Å². The van der Waals surface area contributed by atoms with Crippen molar-refractivity contribution in [1.29, 1.82) is 0 Å². The van der Waals surface area contributed by atoms with Gasteiger partial charge in [0.05, 0.1) is 0 Å². The number of carbonyl (C=O) groups excluding carboxylic acids is 1. The Morgan fingerprint density at radius 1 is 1.30 bits per heavy atom. The molecular formula is C16H32N2O2. The van der Waals surface area contributed by atoms with Crippen LogP contribution in [0.4, 0.5) is 4.79 Å². The first kappa shape index (κ1) is 17.3. The molecule has 0 bridgehead atoms. The number of hydrogen-bond donors (Lipinski definition) is 2. The molecule has 118 valence electrons. The third-order valence-electron chi connectivity index (χ3n) is 3.85. The zero-order valence-electron chi connectivity index (χ0n) is 13.8. The minimum Gasteiger partial charge on any atom is -0.444 e. The smallest absolute Gasteiger partial charge is 0.407 e. The lowest BCUT2D eigenvalue weighted by Crippen LogP contribution is -2.46. The van der Waals surface area contributed by atoms with Gasteiger partial charge in [-0.25, -0.2) is 4.79 Å². The standard InChI is InChI=1S/C16H32N2O2/c1-6-12(2)11-17-13-8-7-9-14(10-13)18-15(19)20-16(3,4)5/h12-14,17H,6-11H2,1-5H3,(H,18,19). The fraction of sp³-hybridized carbons (Fsp3) is 0.938. The summed E-state index contributed by atoms with van der Waals surface area (Å²) in [5.41, 5.74) is -0.424. The Labute approximate surface area is 124 Å². The van der Waals surface area contributed by atoms with Crippen LogP contribution >= 0.6 is 0 Å². The van der Waals surface area contributed by atoms with Gasteiger partial charge in [0, 0.05) is 12.1 Å². The van der Waals surface area contributed by atoms with Gasteiger partial charge in [-0.1, -0.05) is 20.3 Å². The van der Waals surface area contributed by atoms with Gasteiger partial charge in [-0.3, -0.25) is 0 Å². The molecule has 1 fully saturated rings. The molecule has 1 aliphatic carbocycles. The van der Waals surface area contributed by atoms with Crippen LogP contribution in [0.5, 0.6) is 0 Å². The predicted molar refractivity (Wildman–Crippen MR) is 82.9 cm³/mol. The molecule has 2 N–H and O–H groups in total. The Hall–Kier alpha value is -0.770. The Balaban J connectivity index is 2.31. The Bertz CT molecular complexity index is 299. The number of alkyl carbamates (subject to hydrolysis) is 1. The van der Waals surface area contributed by atoms with E-state index in [1.54, 1.807) is 0 Å². The van der Waals surface area contributed by atoms with Crippen LogP contribution in [0.15, 0.2) is 0 Å². The fourth-order valence-electron chi connectivity index (χ4n) is 2.49. The van der Waals surface area contributed by atoms with Crippen molar-refractivity contribution in [2.24, 2.45) is 5.92 Å². The van der Waals surface area contributed by atoms with E-state index in [0.29, 0.717) is 12.0 Å². The van der Waals surface area contributed by atoms with E-state index in [1.165, 1.54) is 19.3 Å². The molecule has 0 saturated heterocycles. The first-order chi connectivity index (χ1) is 9.30. The van der Waals surface area contributed by atoms with Crippen molar-refractivity contribution in [2.45, 2.75) is 84.4 Å². The van der Waals surface area contributed by atoms with Gasteiger partial charge in [-0.2, -0.15) is 0 Å². The number of carbonyl (C=O) groups is 1. The van der Waals surface area contributed by atoms with Crippen molar-refractivity contribution in [2.75, 3.05) is 6.54 Å². The lowest BCUT2D eigenvalue weighted by molar-refractivity contribution is 0.0488. The van der Waals surface area contributed by atoms with Gasteiger partial charge in [0.15, 0.2) is 0 Å². The van der Waals surface area contributed by atoms with Crippen molar-refractivity contribution in [1.82, 2.24) is 10.6 Å². The maximum Gasteiger partial charge on any atom is 0.407 e. The number of hydrogen-bond acceptors (Lipinski definition) is 3. The number of amides is 1. The monoisotopic (exact) mass is 284 g/mol. The molecule has 0 spiro atoms. The minimum atomic E-state index is -0.424. The highest BCUT2D eigenvalue weighted by Crippen LogP contribution is 2.19. The predicted octanol–water partition coefficient (Wildman–Crippen LogP) is 3.46. The van der Waals surface area contributed by atoms with Gasteiger partial charge < -0.3 is 15.4 Å². The summed E-state index contributed by atoms with van der Waals surface area (Å²) in [4.78, 5) is 11.8. The minimum absolute atomic E-state index is 0.244. The molecule has 1 amide bonds. The summed E-state index contributed by atoms with van der Waals surface area (Å²) < 4.78 is 5.32. The molecule has 0 aromatic carbocycles. The van der Waals surface area contributed by atoms with Crippen LogP contribution in [0, 0.1) is 5.92 Å². The number of ether oxygens (including phenoxy) is 1. The van der Waals surface area contributed by atoms with Crippen LogP contribution in [0.1, 0.15) is 66.7 Å². The highest BCUT2D eigenvalue weighted by atomic mass is 16.6. The van der Waals surface area contributed by atoms with Crippen molar-refractivity contribution < 1.29 is 9.53 Å². The maximum absolute atomic E-state index is 11.8. The molecule has 0 heterocycles. The van der Waals surface area contributed by atoms with Crippen LogP contribution in [-0.2, 0) is 4.74 Å². The van der Waals surface area contributed by atoms with Gasteiger partial charge >= 0.3 is 6.09 Å². The second-order valence-electron chi connectivity index (χ2n) is 7.13. The third kappa shape index (κ3) is 7.13. The second-order valence-corrected chi connectivity index (χ2v) is 7.13. The Morgan fingerprint density at radius 2 is 1.95 bits per heavy atom. The third-order valence-corrected chi connectivity index (χ3v) is 3.85. The molecule has 4 nitrogen and oxygen atoms in total. The van der Waals surface area contributed by atoms with Gasteiger partial charge in [0.25, 0.3) is 0 Å². The normalized spacial score (nSPS) is 25.1. The summed E-state index contributed by atoms with van der Waals surface area (Å²) in [7, 11) is 0. The maximum atomic E-state index is 11.8. The van der Waals surface area contributed by atoms with E-state index in [2.05, 4.69) is 24.5 Å². The van der Waals surface area contributed by atoms with Crippen molar-refractivity contribution in [3.8, 4) is 0 Å². The van der Waals surface area contributed by atoms with E-state index >= 15 is 0 Å². The van der Waals surface area contributed by atoms with Gasteiger partial charge in [-0.15, -0.1) is 0 Å². The Kier molecular flexibility index (Phi) is 6.80. The molecule has 1 saturated carbocycles. The molecule has 1 aliphatic rings. The molecule has 4 heteroatoms. The lowest BCUT2D eigenvalue weighted by atomic mass is 9.90. The Morgan fingerprint density at radius 3 is 2.55 bits per heavy atom. The van der Waals surface area contributed by atoms with E-state index in [-0.39, 0.29) is 12.1 Å². The summed E-state index contributed by atoms with van der Waals surface area (Å²) in [6.45, 7) is 11.2. The molecule has 3 unspecified atom stereocenters. The van der Waals surface area contributed by atoms with Crippen LogP contribution in [0.2, 0.25) is 0 Å². The molecule has 0 aromatic heterocycles. The van der Waals surface area contributed by atoms with Gasteiger partial charge in [0.2, 0.25) is 0 Å². The van der Waals surface area contributed by atoms with E-state index in [1.807, 2.05) is 20.8 Å². The van der Waals surface area contributed by atoms with E-state index < -0.39 is 5.60 Å². The molecular weight excluding hydrogens is 252 g/mol. The van der Waals surface area contributed by atoms with E-state index in [0.717, 1.165) is 19.4 Å². The SMILES string of the molecule is CCC(C)CNC1CCCC(NC(=O)OC(C)(C)C)C1. The topological polar surface area (TPSA) is 50.4 Å². The van der Waals surface area contributed by atoms with Crippen LogP contribution < -0.4 is 10.6 Å². The summed E-state index contributed by atoms with van der Waals surface area (Å²) in [6, 6.07) is 0.769. The largest absolute Gasteiger partial charge is 0.444 e. The molecule has 0 radical (unpaired) electrons. The van der Waals surface area contributed by atoms with Crippen LogP contribution in [0.3, 0.4) is 0 Å². The molecule has 20 heavy (non-hydrogen) atoms. The summed E-state index contributed by atoms with van der Waals surface area (Å²) in [6.07, 6.45) is 5.36. The quantitative estimate of drug-likeness (QED) is 0.813. The fourth-order valence-corrected chi connectivity index (χ4v) is 2.49. The van der Waals surface area contributed by atoms with E-state index in [9.17, 15) is 4.79 Å². The first-order valence-corrected chi connectivity index (χ1v) is 8.03. The lowest BCUT2D eigenvalue weighted by Gasteiger charge is -2.31. The zero-order valence-corrected chi connectivity index (χ0v) is 13.8. The average molecular weight is 284 g/mol.